The fraction of sp³-hybridized carbons (Fsp3) is 0.647. The molecule has 3 heteroatoms. The monoisotopic (exact) mass is 295 g/mol. The zero-order valence-electron chi connectivity index (χ0n) is 12.7. The van der Waals surface area contributed by atoms with Crippen LogP contribution in [0.4, 0.5) is 0 Å². The van der Waals surface area contributed by atoms with Crippen molar-refractivity contribution in [1.82, 2.24) is 4.90 Å². The number of benzene rings is 1. The Morgan fingerprint density at radius 1 is 1.20 bits per heavy atom. The molecule has 0 amide bonds. The molecule has 0 spiro atoms. The first-order chi connectivity index (χ1) is 9.70. The van der Waals surface area contributed by atoms with Crippen LogP contribution in [0.15, 0.2) is 18.2 Å². The quantitative estimate of drug-likeness (QED) is 0.739. The number of alkyl halides is 1. The molecule has 1 aromatic rings. The molecule has 0 saturated carbocycles. The van der Waals surface area contributed by atoms with Crippen molar-refractivity contribution >= 4 is 11.6 Å². The summed E-state index contributed by atoms with van der Waals surface area (Å²) in [7, 11) is 0. The lowest BCUT2D eigenvalue weighted by molar-refractivity contribution is 0.281. The SMILES string of the molecule is CCOc1ccc(C)cc1C(Cl)CN1CCCCCC1. The minimum Gasteiger partial charge on any atom is -0.494 e. The molecule has 0 bridgehead atoms. The van der Waals surface area contributed by atoms with Gasteiger partial charge in [-0.1, -0.05) is 30.5 Å². The van der Waals surface area contributed by atoms with Gasteiger partial charge in [-0.3, -0.25) is 0 Å². The Labute approximate surface area is 128 Å². The van der Waals surface area contributed by atoms with Crippen molar-refractivity contribution in [3.8, 4) is 5.75 Å². The van der Waals surface area contributed by atoms with Crippen LogP contribution >= 0.6 is 11.6 Å². The molecule has 1 heterocycles. The van der Waals surface area contributed by atoms with E-state index in [1.807, 2.05) is 13.0 Å². The molecule has 2 rings (SSSR count). The van der Waals surface area contributed by atoms with Crippen LogP contribution < -0.4 is 4.74 Å². The van der Waals surface area contributed by atoms with Gasteiger partial charge in [-0.15, -0.1) is 11.6 Å². The van der Waals surface area contributed by atoms with Crippen molar-refractivity contribution in [2.75, 3.05) is 26.2 Å². The van der Waals surface area contributed by atoms with Gasteiger partial charge in [-0.25, -0.2) is 0 Å². The molecule has 1 unspecified atom stereocenters. The highest BCUT2D eigenvalue weighted by atomic mass is 35.5. The first kappa shape index (κ1) is 15.7. The van der Waals surface area contributed by atoms with Crippen LogP contribution in [0.25, 0.3) is 0 Å². The second-order valence-corrected chi connectivity index (χ2v) is 6.18. The zero-order chi connectivity index (χ0) is 14.4. The maximum absolute atomic E-state index is 6.68. The maximum Gasteiger partial charge on any atom is 0.124 e. The Kier molecular flexibility index (Phi) is 6.18. The molecule has 1 atom stereocenters. The van der Waals surface area contributed by atoms with Gasteiger partial charge >= 0.3 is 0 Å². The number of nitrogens with zero attached hydrogens (tertiary/aromatic N) is 1. The standard InChI is InChI=1S/C17H26ClNO/c1-3-20-17-9-8-14(2)12-15(17)16(18)13-19-10-6-4-5-7-11-19/h8-9,12,16H,3-7,10-11,13H2,1-2H3. The Morgan fingerprint density at radius 2 is 1.90 bits per heavy atom. The lowest BCUT2D eigenvalue weighted by atomic mass is 10.1. The third kappa shape index (κ3) is 4.39. The Balaban J connectivity index is 2.06. The molecular weight excluding hydrogens is 270 g/mol. The summed E-state index contributed by atoms with van der Waals surface area (Å²) in [6, 6.07) is 6.30. The number of ether oxygens (including phenoxy) is 1. The van der Waals surface area contributed by atoms with E-state index < -0.39 is 0 Å². The molecular formula is C17H26ClNO. The predicted octanol–water partition coefficient (Wildman–Crippen LogP) is 4.55. The summed E-state index contributed by atoms with van der Waals surface area (Å²) in [6.45, 7) is 8.09. The van der Waals surface area contributed by atoms with Crippen LogP contribution in [0.2, 0.25) is 0 Å². The third-order valence-electron chi connectivity index (χ3n) is 3.92. The number of rotatable bonds is 5. The van der Waals surface area contributed by atoms with E-state index >= 15 is 0 Å². The predicted molar refractivity (Wildman–Crippen MR) is 85.9 cm³/mol. The average Bonchev–Trinajstić information content (AvgIpc) is 2.69. The van der Waals surface area contributed by atoms with E-state index in [9.17, 15) is 0 Å². The van der Waals surface area contributed by atoms with Crippen LogP contribution in [-0.2, 0) is 0 Å². The first-order valence-corrected chi connectivity index (χ1v) is 8.24. The summed E-state index contributed by atoms with van der Waals surface area (Å²) in [5, 5.41) is 0.00884. The van der Waals surface area contributed by atoms with Gasteiger partial charge < -0.3 is 9.64 Å². The van der Waals surface area contributed by atoms with Gasteiger partial charge in [0, 0.05) is 12.1 Å². The van der Waals surface area contributed by atoms with Crippen LogP contribution in [0.5, 0.6) is 5.75 Å². The Bertz CT molecular complexity index is 413. The minimum atomic E-state index is 0.00884. The Morgan fingerprint density at radius 3 is 2.55 bits per heavy atom. The van der Waals surface area contributed by atoms with Crippen molar-refractivity contribution in [2.45, 2.75) is 44.9 Å². The van der Waals surface area contributed by atoms with E-state index in [0.29, 0.717) is 6.61 Å². The van der Waals surface area contributed by atoms with Crippen LogP contribution in [-0.4, -0.2) is 31.1 Å². The molecule has 20 heavy (non-hydrogen) atoms. The van der Waals surface area contributed by atoms with Crippen molar-refractivity contribution in [3.63, 3.8) is 0 Å². The Hall–Kier alpha value is -0.730. The topological polar surface area (TPSA) is 12.5 Å². The lowest BCUT2D eigenvalue weighted by Crippen LogP contribution is -2.28. The molecule has 0 aromatic heterocycles. The highest BCUT2D eigenvalue weighted by Gasteiger charge is 2.18. The van der Waals surface area contributed by atoms with Gasteiger partial charge in [-0.05, 0) is 45.8 Å². The molecule has 1 aromatic carbocycles. The smallest absolute Gasteiger partial charge is 0.124 e. The summed E-state index contributed by atoms with van der Waals surface area (Å²) in [4.78, 5) is 2.50. The van der Waals surface area contributed by atoms with Crippen molar-refractivity contribution in [1.29, 1.82) is 0 Å². The maximum atomic E-state index is 6.68. The second-order valence-electron chi connectivity index (χ2n) is 5.66. The van der Waals surface area contributed by atoms with E-state index in [1.165, 1.54) is 44.3 Å². The average molecular weight is 296 g/mol. The fourth-order valence-corrected chi connectivity index (χ4v) is 3.21. The number of likely N-dealkylation sites (tertiary alicyclic amines) is 1. The summed E-state index contributed by atoms with van der Waals surface area (Å²) in [5.74, 6) is 0.938. The van der Waals surface area contributed by atoms with Crippen LogP contribution in [0.1, 0.15) is 49.1 Å². The van der Waals surface area contributed by atoms with Crippen LogP contribution in [0, 0.1) is 6.92 Å². The highest BCUT2D eigenvalue weighted by Crippen LogP contribution is 2.32. The minimum absolute atomic E-state index is 0.00884. The van der Waals surface area contributed by atoms with Gasteiger partial charge in [0.25, 0.3) is 0 Å². The van der Waals surface area contributed by atoms with Crippen LogP contribution in [0.3, 0.4) is 0 Å². The van der Waals surface area contributed by atoms with Gasteiger partial charge in [0.2, 0.25) is 0 Å². The number of hydrogen-bond donors (Lipinski definition) is 0. The highest BCUT2D eigenvalue weighted by molar-refractivity contribution is 6.21. The van der Waals surface area contributed by atoms with Gasteiger partial charge in [-0.2, -0.15) is 0 Å². The van der Waals surface area contributed by atoms with Crippen molar-refractivity contribution in [2.24, 2.45) is 0 Å². The lowest BCUT2D eigenvalue weighted by Gasteiger charge is -2.24. The summed E-state index contributed by atoms with van der Waals surface area (Å²) < 4.78 is 5.72. The second kappa shape index (κ2) is 7.90. The summed E-state index contributed by atoms with van der Waals surface area (Å²) in [5.41, 5.74) is 2.38. The number of hydrogen-bond acceptors (Lipinski definition) is 2. The van der Waals surface area contributed by atoms with Crippen molar-refractivity contribution < 1.29 is 4.74 Å². The zero-order valence-corrected chi connectivity index (χ0v) is 13.5. The van der Waals surface area contributed by atoms with E-state index in [0.717, 1.165) is 17.9 Å². The third-order valence-corrected chi connectivity index (χ3v) is 4.29. The molecule has 0 aliphatic carbocycles. The largest absolute Gasteiger partial charge is 0.494 e. The molecule has 1 aliphatic rings. The van der Waals surface area contributed by atoms with E-state index in [1.54, 1.807) is 0 Å². The molecule has 0 radical (unpaired) electrons. The van der Waals surface area contributed by atoms with Crippen molar-refractivity contribution in [3.05, 3.63) is 29.3 Å². The number of halogens is 1. The van der Waals surface area contributed by atoms with E-state index in [-0.39, 0.29) is 5.38 Å². The molecule has 1 fully saturated rings. The molecule has 0 N–H and O–H groups in total. The van der Waals surface area contributed by atoms with E-state index in [2.05, 4.69) is 24.0 Å². The summed E-state index contributed by atoms with van der Waals surface area (Å²) >= 11 is 6.68. The fourth-order valence-electron chi connectivity index (χ4n) is 2.84. The van der Waals surface area contributed by atoms with Gasteiger partial charge in [0.15, 0.2) is 0 Å². The summed E-state index contributed by atoms with van der Waals surface area (Å²) in [6.07, 6.45) is 5.32. The van der Waals surface area contributed by atoms with E-state index in [4.69, 9.17) is 16.3 Å². The molecule has 112 valence electrons. The molecule has 1 saturated heterocycles. The molecule has 2 nitrogen and oxygen atoms in total. The first-order valence-electron chi connectivity index (χ1n) is 7.80. The van der Waals surface area contributed by atoms with Gasteiger partial charge in [0.1, 0.15) is 5.75 Å². The van der Waals surface area contributed by atoms with Gasteiger partial charge in [0.05, 0.1) is 12.0 Å². The molecule has 1 aliphatic heterocycles. The normalized spacial score (nSPS) is 18.6. The number of aryl methyl sites for hydroxylation is 1.